The standard InChI is InChI=1S/C25H42O4/c1-2-3-18-24(29-21-22-14-8-7-9-15-22)19-11-6-4-5-10-16-23(26)17-12-13-20-25(27)28/h7-9,14-15,23-24,26H,2-6,10-13,16-21H2,1H3,(H,27,28). The minimum atomic E-state index is -0.748. The van der Waals surface area contributed by atoms with Crippen molar-refractivity contribution in [3.05, 3.63) is 35.9 Å². The molecule has 4 nitrogen and oxygen atoms in total. The Labute approximate surface area is 177 Å². The van der Waals surface area contributed by atoms with Crippen LogP contribution in [0.5, 0.6) is 0 Å². The van der Waals surface area contributed by atoms with Crippen molar-refractivity contribution in [3.8, 4) is 0 Å². The molecule has 0 heterocycles. The maximum atomic E-state index is 10.5. The van der Waals surface area contributed by atoms with Gasteiger partial charge < -0.3 is 14.9 Å². The first-order valence-electron chi connectivity index (χ1n) is 11.7. The maximum absolute atomic E-state index is 10.5. The Morgan fingerprint density at radius 3 is 2.10 bits per heavy atom. The zero-order valence-electron chi connectivity index (χ0n) is 18.4. The first-order valence-corrected chi connectivity index (χ1v) is 11.7. The first kappa shape index (κ1) is 25.6. The molecule has 1 rings (SSSR count). The van der Waals surface area contributed by atoms with E-state index in [0.29, 0.717) is 19.1 Å². The molecule has 2 N–H and O–H groups in total. The second-order valence-corrected chi connectivity index (χ2v) is 8.20. The number of unbranched alkanes of at least 4 members (excludes halogenated alkanes) is 6. The van der Waals surface area contributed by atoms with Gasteiger partial charge in [0.1, 0.15) is 0 Å². The number of ether oxygens (including phenoxy) is 1. The van der Waals surface area contributed by atoms with Crippen LogP contribution in [0, 0.1) is 0 Å². The number of hydrogen-bond donors (Lipinski definition) is 2. The third-order valence-corrected chi connectivity index (χ3v) is 5.45. The molecular formula is C25H42O4. The normalized spacial score (nSPS) is 13.3. The molecule has 0 spiro atoms. The van der Waals surface area contributed by atoms with Crippen molar-refractivity contribution in [1.29, 1.82) is 0 Å². The predicted molar refractivity (Wildman–Crippen MR) is 119 cm³/mol. The zero-order chi connectivity index (χ0) is 21.2. The van der Waals surface area contributed by atoms with E-state index < -0.39 is 5.97 Å². The van der Waals surface area contributed by atoms with E-state index in [4.69, 9.17) is 9.84 Å². The van der Waals surface area contributed by atoms with Crippen molar-refractivity contribution in [1.82, 2.24) is 0 Å². The predicted octanol–water partition coefficient (Wildman–Crippen LogP) is 6.50. The molecule has 4 heteroatoms. The Morgan fingerprint density at radius 2 is 1.45 bits per heavy atom. The average Bonchev–Trinajstić information content (AvgIpc) is 2.72. The number of hydrogen-bond acceptors (Lipinski definition) is 3. The second kappa shape index (κ2) is 17.5. The summed E-state index contributed by atoms with van der Waals surface area (Å²) in [5, 5.41) is 18.6. The number of benzene rings is 1. The highest BCUT2D eigenvalue weighted by Gasteiger charge is 2.09. The van der Waals surface area contributed by atoms with Gasteiger partial charge in [-0.05, 0) is 37.7 Å². The summed E-state index contributed by atoms with van der Waals surface area (Å²) in [5.41, 5.74) is 1.25. The summed E-state index contributed by atoms with van der Waals surface area (Å²) in [4.78, 5) is 10.5. The molecule has 0 saturated carbocycles. The van der Waals surface area contributed by atoms with E-state index in [-0.39, 0.29) is 12.5 Å². The third-order valence-electron chi connectivity index (χ3n) is 5.45. The highest BCUT2D eigenvalue weighted by molar-refractivity contribution is 5.66. The molecule has 0 fully saturated rings. The molecule has 0 radical (unpaired) electrons. The van der Waals surface area contributed by atoms with Crippen LogP contribution < -0.4 is 0 Å². The topological polar surface area (TPSA) is 66.8 Å². The van der Waals surface area contributed by atoms with E-state index in [9.17, 15) is 9.90 Å². The second-order valence-electron chi connectivity index (χ2n) is 8.20. The van der Waals surface area contributed by atoms with Crippen molar-refractivity contribution in [2.45, 2.75) is 116 Å². The van der Waals surface area contributed by atoms with Crippen LogP contribution in [-0.2, 0) is 16.1 Å². The van der Waals surface area contributed by atoms with Gasteiger partial charge in [0, 0.05) is 6.42 Å². The lowest BCUT2D eigenvalue weighted by Gasteiger charge is -2.18. The van der Waals surface area contributed by atoms with Crippen molar-refractivity contribution in [3.63, 3.8) is 0 Å². The number of rotatable bonds is 19. The number of carboxylic acids is 1. The summed E-state index contributed by atoms with van der Waals surface area (Å²) in [7, 11) is 0. The Morgan fingerprint density at radius 1 is 0.862 bits per heavy atom. The highest BCUT2D eigenvalue weighted by atomic mass is 16.5. The summed E-state index contributed by atoms with van der Waals surface area (Å²) < 4.78 is 6.18. The van der Waals surface area contributed by atoms with Crippen LogP contribution in [-0.4, -0.2) is 28.4 Å². The summed E-state index contributed by atoms with van der Waals surface area (Å²) in [6.07, 6.45) is 13.9. The number of aliphatic hydroxyl groups excluding tert-OH is 1. The molecule has 29 heavy (non-hydrogen) atoms. The number of carboxylic acid groups (broad SMARTS) is 1. The summed E-state index contributed by atoms with van der Waals surface area (Å²) in [5.74, 6) is -0.748. The Bertz CT molecular complexity index is 503. The van der Waals surface area contributed by atoms with Crippen LogP contribution in [0.3, 0.4) is 0 Å². The average molecular weight is 407 g/mol. The van der Waals surface area contributed by atoms with Crippen molar-refractivity contribution < 1.29 is 19.7 Å². The van der Waals surface area contributed by atoms with Gasteiger partial charge in [-0.15, -0.1) is 0 Å². The maximum Gasteiger partial charge on any atom is 0.303 e. The molecule has 166 valence electrons. The van der Waals surface area contributed by atoms with Crippen molar-refractivity contribution in [2.24, 2.45) is 0 Å². The van der Waals surface area contributed by atoms with Gasteiger partial charge in [-0.25, -0.2) is 0 Å². The van der Waals surface area contributed by atoms with Crippen molar-refractivity contribution >= 4 is 5.97 Å². The Balaban J connectivity index is 2.05. The monoisotopic (exact) mass is 406 g/mol. The fourth-order valence-electron chi connectivity index (χ4n) is 3.61. The molecule has 0 amide bonds. The van der Waals surface area contributed by atoms with Gasteiger partial charge in [0.05, 0.1) is 18.8 Å². The van der Waals surface area contributed by atoms with E-state index in [1.807, 2.05) is 6.07 Å². The number of carbonyl (C=O) groups is 1. The molecule has 0 aromatic heterocycles. The SMILES string of the molecule is CCCCC(CCCCCCCC(O)CCCCC(=O)O)OCc1ccccc1. The zero-order valence-corrected chi connectivity index (χ0v) is 18.4. The van der Waals surface area contributed by atoms with Crippen LogP contribution in [0.4, 0.5) is 0 Å². The highest BCUT2D eigenvalue weighted by Crippen LogP contribution is 2.17. The van der Waals surface area contributed by atoms with Crippen LogP contribution in [0.2, 0.25) is 0 Å². The van der Waals surface area contributed by atoms with E-state index in [1.165, 1.54) is 37.7 Å². The van der Waals surface area contributed by atoms with E-state index >= 15 is 0 Å². The van der Waals surface area contributed by atoms with Crippen LogP contribution in [0.1, 0.15) is 102 Å². The molecule has 0 aliphatic heterocycles. The van der Waals surface area contributed by atoms with E-state index in [0.717, 1.165) is 44.9 Å². The van der Waals surface area contributed by atoms with Gasteiger partial charge in [0.15, 0.2) is 0 Å². The van der Waals surface area contributed by atoms with Gasteiger partial charge in [-0.1, -0.05) is 88.6 Å². The van der Waals surface area contributed by atoms with Gasteiger partial charge in [0.2, 0.25) is 0 Å². The minimum Gasteiger partial charge on any atom is -0.481 e. The lowest BCUT2D eigenvalue weighted by molar-refractivity contribution is -0.137. The lowest BCUT2D eigenvalue weighted by atomic mass is 10.0. The van der Waals surface area contributed by atoms with E-state index in [1.54, 1.807) is 0 Å². The molecule has 2 unspecified atom stereocenters. The van der Waals surface area contributed by atoms with E-state index in [2.05, 4.69) is 31.2 Å². The van der Waals surface area contributed by atoms with Gasteiger partial charge >= 0.3 is 5.97 Å². The minimum absolute atomic E-state index is 0.209. The number of aliphatic hydroxyl groups is 1. The van der Waals surface area contributed by atoms with Gasteiger partial charge in [-0.3, -0.25) is 4.79 Å². The number of aliphatic carboxylic acids is 1. The summed E-state index contributed by atoms with van der Waals surface area (Å²) in [6.45, 7) is 2.94. The molecular weight excluding hydrogens is 364 g/mol. The van der Waals surface area contributed by atoms with Crippen LogP contribution >= 0.6 is 0 Å². The lowest BCUT2D eigenvalue weighted by Crippen LogP contribution is -2.13. The Kier molecular flexibility index (Phi) is 15.4. The van der Waals surface area contributed by atoms with Crippen LogP contribution in [0.15, 0.2) is 30.3 Å². The molecule has 0 bridgehead atoms. The van der Waals surface area contributed by atoms with Crippen LogP contribution in [0.25, 0.3) is 0 Å². The molecule has 1 aromatic rings. The van der Waals surface area contributed by atoms with Crippen molar-refractivity contribution in [2.75, 3.05) is 0 Å². The molecule has 1 aromatic carbocycles. The molecule has 0 saturated heterocycles. The molecule has 2 atom stereocenters. The quantitative estimate of drug-likeness (QED) is 0.257. The fraction of sp³-hybridized carbons (Fsp3) is 0.720. The molecule has 0 aliphatic rings. The third kappa shape index (κ3) is 15.2. The summed E-state index contributed by atoms with van der Waals surface area (Å²) in [6, 6.07) is 10.4. The molecule has 0 aliphatic carbocycles. The fourth-order valence-corrected chi connectivity index (χ4v) is 3.61. The van der Waals surface area contributed by atoms with Gasteiger partial charge in [0.25, 0.3) is 0 Å². The first-order chi connectivity index (χ1) is 14.1. The van der Waals surface area contributed by atoms with Gasteiger partial charge in [-0.2, -0.15) is 0 Å². The summed E-state index contributed by atoms with van der Waals surface area (Å²) >= 11 is 0. The smallest absolute Gasteiger partial charge is 0.303 e. The Hall–Kier alpha value is -1.39. The largest absolute Gasteiger partial charge is 0.481 e.